The van der Waals surface area contributed by atoms with E-state index < -0.39 is 0 Å². The third-order valence-corrected chi connectivity index (χ3v) is 3.21. The van der Waals surface area contributed by atoms with Crippen LogP contribution in [0.15, 0.2) is 30.3 Å². The molecule has 0 spiro atoms. The number of amides is 1. The molecule has 19 heavy (non-hydrogen) atoms. The Morgan fingerprint density at radius 3 is 2.68 bits per heavy atom. The normalized spacial score (nSPS) is 10.3. The van der Waals surface area contributed by atoms with Crippen molar-refractivity contribution in [3.05, 3.63) is 50.7 Å². The van der Waals surface area contributed by atoms with Crippen LogP contribution in [0.2, 0.25) is 0 Å². The topological polar surface area (TPSA) is 62.2 Å². The van der Waals surface area contributed by atoms with E-state index in [0.29, 0.717) is 5.82 Å². The van der Waals surface area contributed by atoms with E-state index in [2.05, 4.69) is 32.9 Å². The Hall–Kier alpha value is -1.63. The van der Waals surface area contributed by atoms with Crippen LogP contribution < -0.4 is 5.32 Å². The number of nitrogens with zero attached hydrogens (tertiary/aromatic N) is 1. The second kappa shape index (κ2) is 5.56. The molecule has 0 aliphatic heterocycles. The number of nitrogens with one attached hydrogen (secondary N) is 1. The number of aromatic hydroxyl groups is 1. The highest BCUT2D eigenvalue weighted by Gasteiger charge is 2.12. The summed E-state index contributed by atoms with van der Waals surface area (Å²) in [6.07, 6.45) is 0. The first kappa shape index (κ1) is 13.8. The molecule has 2 rings (SSSR count). The number of hydrogen-bond acceptors (Lipinski definition) is 3. The van der Waals surface area contributed by atoms with E-state index in [1.54, 1.807) is 18.2 Å². The van der Waals surface area contributed by atoms with Crippen molar-refractivity contribution in [2.24, 2.45) is 0 Å². The van der Waals surface area contributed by atoms with Gasteiger partial charge in [-0.3, -0.25) is 4.79 Å². The lowest BCUT2D eigenvalue weighted by molar-refractivity contribution is 0.102. The van der Waals surface area contributed by atoms with E-state index in [1.807, 2.05) is 19.9 Å². The number of hydrogen-bond donors (Lipinski definition) is 2. The SMILES string of the molecule is Cc1cc(C)nc(NC(=O)c2cc(I)ccc2O)c1. The van der Waals surface area contributed by atoms with Gasteiger partial charge in [-0.15, -0.1) is 0 Å². The molecular formula is C14H13IN2O2. The Morgan fingerprint density at radius 2 is 2.00 bits per heavy atom. The number of aryl methyl sites for hydroxylation is 2. The monoisotopic (exact) mass is 368 g/mol. The van der Waals surface area contributed by atoms with E-state index in [4.69, 9.17) is 0 Å². The summed E-state index contributed by atoms with van der Waals surface area (Å²) < 4.78 is 0.883. The average molecular weight is 368 g/mol. The third-order valence-electron chi connectivity index (χ3n) is 2.54. The Kier molecular flexibility index (Phi) is 4.04. The maximum Gasteiger partial charge on any atom is 0.260 e. The minimum atomic E-state index is -0.367. The predicted molar refractivity (Wildman–Crippen MR) is 82.5 cm³/mol. The van der Waals surface area contributed by atoms with Gasteiger partial charge in [-0.25, -0.2) is 4.98 Å². The highest BCUT2D eigenvalue weighted by atomic mass is 127. The minimum absolute atomic E-state index is 0.0395. The number of anilines is 1. The number of carbonyl (C=O) groups excluding carboxylic acids is 1. The molecular weight excluding hydrogens is 355 g/mol. The lowest BCUT2D eigenvalue weighted by Crippen LogP contribution is -2.13. The molecule has 0 aliphatic rings. The van der Waals surface area contributed by atoms with Gasteiger partial charge in [0.05, 0.1) is 5.56 Å². The van der Waals surface area contributed by atoms with Crippen LogP contribution in [0, 0.1) is 17.4 Å². The van der Waals surface area contributed by atoms with E-state index in [-0.39, 0.29) is 17.2 Å². The van der Waals surface area contributed by atoms with Crippen molar-refractivity contribution < 1.29 is 9.90 Å². The molecule has 0 aliphatic carbocycles. The van der Waals surface area contributed by atoms with Crippen molar-refractivity contribution >= 4 is 34.3 Å². The van der Waals surface area contributed by atoms with Crippen molar-refractivity contribution in [3.63, 3.8) is 0 Å². The summed E-state index contributed by atoms with van der Waals surface area (Å²) in [5.41, 5.74) is 2.10. The lowest BCUT2D eigenvalue weighted by Gasteiger charge is -2.08. The molecule has 0 saturated heterocycles. The van der Waals surface area contributed by atoms with E-state index >= 15 is 0 Å². The summed E-state index contributed by atoms with van der Waals surface area (Å²) >= 11 is 2.09. The van der Waals surface area contributed by atoms with E-state index in [0.717, 1.165) is 14.8 Å². The molecule has 1 amide bonds. The van der Waals surface area contributed by atoms with Crippen LogP contribution in [0.4, 0.5) is 5.82 Å². The number of halogens is 1. The van der Waals surface area contributed by atoms with Crippen molar-refractivity contribution in [2.75, 3.05) is 5.32 Å². The average Bonchev–Trinajstić information content (AvgIpc) is 2.30. The number of carbonyl (C=O) groups is 1. The van der Waals surface area contributed by atoms with Gasteiger partial charge in [0.1, 0.15) is 11.6 Å². The van der Waals surface area contributed by atoms with Gasteiger partial charge in [0, 0.05) is 9.26 Å². The van der Waals surface area contributed by atoms with Crippen molar-refractivity contribution in [1.82, 2.24) is 4.98 Å². The van der Waals surface area contributed by atoms with Gasteiger partial charge >= 0.3 is 0 Å². The highest BCUT2D eigenvalue weighted by Crippen LogP contribution is 2.21. The summed E-state index contributed by atoms with van der Waals surface area (Å²) in [7, 11) is 0. The van der Waals surface area contributed by atoms with Crippen LogP contribution in [-0.2, 0) is 0 Å². The molecule has 2 N–H and O–H groups in total. The standard InChI is InChI=1S/C14H13IN2O2/c1-8-5-9(2)16-13(6-8)17-14(19)11-7-10(15)3-4-12(11)18/h3-7,18H,1-2H3,(H,16,17,19). The number of phenols is 1. The fourth-order valence-electron chi connectivity index (χ4n) is 1.78. The number of phenolic OH excluding ortho intramolecular Hbond substituents is 1. The number of rotatable bonds is 2. The summed E-state index contributed by atoms with van der Waals surface area (Å²) in [5.74, 6) is 0.0802. The minimum Gasteiger partial charge on any atom is -0.507 e. The molecule has 0 fully saturated rings. The molecule has 0 saturated carbocycles. The van der Waals surface area contributed by atoms with Crippen molar-refractivity contribution in [3.8, 4) is 5.75 Å². The van der Waals surface area contributed by atoms with Crippen LogP contribution in [-0.4, -0.2) is 16.0 Å². The molecule has 4 nitrogen and oxygen atoms in total. The van der Waals surface area contributed by atoms with Gasteiger partial charge in [0.2, 0.25) is 0 Å². The van der Waals surface area contributed by atoms with Crippen LogP contribution in [0.25, 0.3) is 0 Å². The number of benzene rings is 1. The van der Waals surface area contributed by atoms with E-state index in [1.165, 1.54) is 6.07 Å². The number of pyridine rings is 1. The number of aromatic nitrogens is 1. The first-order chi connectivity index (χ1) is 8.95. The maximum absolute atomic E-state index is 12.1. The van der Waals surface area contributed by atoms with Gasteiger partial charge in [-0.1, -0.05) is 0 Å². The van der Waals surface area contributed by atoms with Gasteiger partial charge in [0.15, 0.2) is 0 Å². The van der Waals surface area contributed by atoms with Crippen molar-refractivity contribution in [2.45, 2.75) is 13.8 Å². The fraction of sp³-hybridized carbons (Fsp3) is 0.143. The summed E-state index contributed by atoms with van der Waals surface area (Å²) in [4.78, 5) is 16.3. The summed E-state index contributed by atoms with van der Waals surface area (Å²) in [6, 6.07) is 8.59. The van der Waals surface area contributed by atoms with Crippen LogP contribution in [0.5, 0.6) is 5.75 Å². The zero-order chi connectivity index (χ0) is 14.0. The molecule has 1 aromatic heterocycles. The third kappa shape index (κ3) is 3.44. The van der Waals surface area contributed by atoms with Crippen LogP contribution in [0.3, 0.4) is 0 Å². The Morgan fingerprint density at radius 1 is 1.26 bits per heavy atom. The zero-order valence-corrected chi connectivity index (χ0v) is 12.7. The first-order valence-electron chi connectivity index (χ1n) is 5.71. The lowest BCUT2D eigenvalue weighted by atomic mass is 10.2. The molecule has 0 radical (unpaired) electrons. The maximum atomic E-state index is 12.1. The molecule has 0 bridgehead atoms. The predicted octanol–water partition coefficient (Wildman–Crippen LogP) is 3.26. The Balaban J connectivity index is 2.28. The molecule has 1 aromatic carbocycles. The zero-order valence-electron chi connectivity index (χ0n) is 10.6. The van der Waals surface area contributed by atoms with Gasteiger partial charge in [-0.05, 0) is 72.3 Å². The largest absolute Gasteiger partial charge is 0.507 e. The first-order valence-corrected chi connectivity index (χ1v) is 6.79. The Bertz CT molecular complexity index is 621. The second-order valence-corrected chi connectivity index (χ2v) is 5.53. The van der Waals surface area contributed by atoms with E-state index in [9.17, 15) is 9.90 Å². The second-order valence-electron chi connectivity index (χ2n) is 4.29. The molecule has 0 atom stereocenters. The van der Waals surface area contributed by atoms with Gasteiger partial charge < -0.3 is 10.4 Å². The van der Waals surface area contributed by atoms with Gasteiger partial charge in [0.25, 0.3) is 5.91 Å². The quantitative estimate of drug-likeness (QED) is 0.800. The smallest absolute Gasteiger partial charge is 0.260 e. The van der Waals surface area contributed by atoms with Crippen molar-refractivity contribution in [1.29, 1.82) is 0 Å². The van der Waals surface area contributed by atoms with Gasteiger partial charge in [-0.2, -0.15) is 0 Å². The molecule has 1 heterocycles. The molecule has 2 aromatic rings. The van der Waals surface area contributed by atoms with Crippen LogP contribution in [0.1, 0.15) is 21.6 Å². The summed E-state index contributed by atoms with van der Waals surface area (Å²) in [5, 5.41) is 12.4. The molecule has 0 unspecified atom stereocenters. The summed E-state index contributed by atoms with van der Waals surface area (Å²) in [6.45, 7) is 3.80. The molecule has 98 valence electrons. The molecule has 5 heteroatoms. The van der Waals surface area contributed by atoms with Crippen LogP contribution >= 0.6 is 22.6 Å². The Labute approximate surface area is 125 Å². The fourth-order valence-corrected chi connectivity index (χ4v) is 2.27. The highest BCUT2D eigenvalue weighted by molar-refractivity contribution is 14.1.